The molecule has 0 bridgehead atoms. The fourth-order valence-corrected chi connectivity index (χ4v) is 1.27. The number of amides is 4. The molecule has 0 aromatic rings. The maximum absolute atomic E-state index is 11.4. The molecule has 10 heteroatoms. The van der Waals surface area contributed by atoms with Gasteiger partial charge in [-0.2, -0.15) is 0 Å². The number of carboxylic acids is 1. The van der Waals surface area contributed by atoms with E-state index in [1.54, 1.807) is 0 Å². The highest BCUT2D eigenvalue weighted by molar-refractivity contribution is 5.86. The molecule has 0 heterocycles. The highest BCUT2D eigenvalue weighted by Crippen LogP contribution is 1.97. The number of primary amides is 1. The molecule has 0 aromatic heterocycles. The van der Waals surface area contributed by atoms with Crippen molar-refractivity contribution in [1.29, 1.82) is 0 Å². The summed E-state index contributed by atoms with van der Waals surface area (Å²) in [6.45, 7) is 0.332. The zero-order chi connectivity index (χ0) is 16.3. The van der Waals surface area contributed by atoms with Crippen molar-refractivity contribution in [2.75, 3.05) is 26.8 Å². The molecule has 4 amide bonds. The lowest BCUT2D eigenvalue weighted by atomic mass is 10.1. The second-order valence-corrected chi connectivity index (χ2v) is 4.07. The van der Waals surface area contributed by atoms with E-state index in [1.807, 2.05) is 0 Å². The number of carbonyl (C=O) groups excluding carboxylic acids is 3. The van der Waals surface area contributed by atoms with E-state index in [9.17, 15) is 19.2 Å². The summed E-state index contributed by atoms with van der Waals surface area (Å²) in [6, 6.07) is -2.08. The largest absolute Gasteiger partial charge is 0.480 e. The van der Waals surface area contributed by atoms with E-state index in [1.165, 1.54) is 7.11 Å². The second kappa shape index (κ2) is 10.4. The second-order valence-electron chi connectivity index (χ2n) is 4.07. The maximum Gasteiger partial charge on any atom is 0.326 e. The summed E-state index contributed by atoms with van der Waals surface area (Å²) in [6.07, 6.45) is -0.299. The van der Waals surface area contributed by atoms with Gasteiger partial charge in [0.1, 0.15) is 6.04 Å². The Hall–Kier alpha value is -2.36. The number of carbonyl (C=O) groups is 4. The maximum atomic E-state index is 11.4. The monoisotopic (exact) mass is 304 g/mol. The minimum Gasteiger partial charge on any atom is -0.480 e. The van der Waals surface area contributed by atoms with Crippen molar-refractivity contribution in [3.05, 3.63) is 0 Å². The highest BCUT2D eigenvalue weighted by atomic mass is 16.5. The molecule has 21 heavy (non-hydrogen) atoms. The van der Waals surface area contributed by atoms with Gasteiger partial charge in [0.2, 0.25) is 11.8 Å². The van der Waals surface area contributed by atoms with Crippen LogP contribution in [0, 0.1) is 0 Å². The summed E-state index contributed by atoms with van der Waals surface area (Å²) >= 11 is 0. The van der Waals surface area contributed by atoms with Crippen LogP contribution in [0.15, 0.2) is 0 Å². The van der Waals surface area contributed by atoms with E-state index in [2.05, 4.69) is 16.0 Å². The summed E-state index contributed by atoms with van der Waals surface area (Å²) in [7, 11) is 1.48. The number of hydrogen-bond acceptors (Lipinski definition) is 5. The molecular formula is C11H20N4O6. The van der Waals surface area contributed by atoms with Gasteiger partial charge < -0.3 is 31.5 Å². The number of methoxy groups -OCH3 is 1. The number of ether oxygens (including phenoxy) is 1. The van der Waals surface area contributed by atoms with Crippen LogP contribution in [-0.4, -0.2) is 61.8 Å². The van der Waals surface area contributed by atoms with Crippen LogP contribution >= 0.6 is 0 Å². The topological polar surface area (TPSA) is 160 Å². The van der Waals surface area contributed by atoms with E-state index < -0.39 is 29.9 Å². The molecule has 1 atom stereocenters. The predicted octanol–water partition coefficient (Wildman–Crippen LogP) is -2.23. The van der Waals surface area contributed by atoms with Crippen LogP contribution in [0.2, 0.25) is 0 Å². The molecule has 0 aliphatic carbocycles. The van der Waals surface area contributed by atoms with Crippen LogP contribution in [0.1, 0.15) is 12.8 Å². The predicted molar refractivity (Wildman–Crippen MR) is 71.3 cm³/mol. The summed E-state index contributed by atoms with van der Waals surface area (Å²) < 4.78 is 4.73. The van der Waals surface area contributed by atoms with E-state index >= 15 is 0 Å². The SMILES string of the molecule is COCCNC(=O)CNC(=O)NC(CCC(N)=O)C(=O)O. The highest BCUT2D eigenvalue weighted by Gasteiger charge is 2.20. The molecule has 0 radical (unpaired) electrons. The van der Waals surface area contributed by atoms with Gasteiger partial charge in [-0.3, -0.25) is 9.59 Å². The number of urea groups is 1. The molecule has 0 rings (SSSR count). The smallest absolute Gasteiger partial charge is 0.326 e. The van der Waals surface area contributed by atoms with Crippen LogP contribution in [0.3, 0.4) is 0 Å². The van der Waals surface area contributed by atoms with Gasteiger partial charge in [-0.15, -0.1) is 0 Å². The molecule has 0 aliphatic heterocycles. The fourth-order valence-electron chi connectivity index (χ4n) is 1.27. The van der Waals surface area contributed by atoms with Crippen LogP contribution in [0.25, 0.3) is 0 Å². The van der Waals surface area contributed by atoms with Gasteiger partial charge in [0.25, 0.3) is 0 Å². The Balaban J connectivity index is 4.05. The van der Waals surface area contributed by atoms with E-state index in [0.29, 0.717) is 13.2 Å². The molecule has 0 aromatic carbocycles. The first-order chi connectivity index (χ1) is 9.86. The Morgan fingerprint density at radius 1 is 1.24 bits per heavy atom. The summed E-state index contributed by atoms with van der Waals surface area (Å²) in [4.78, 5) is 44.2. The number of aliphatic carboxylic acids is 1. The van der Waals surface area contributed by atoms with Crippen LogP contribution in [0.4, 0.5) is 4.79 Å². The van der Waals surface area contributed by atoms with Crippen molar-refractivity contribution in [2.24, 2.45) is 5.73 Å². The van der Waals surface area contributed by atoms with Crippen molar-refractivity contribution >= 4 is 23.8 Å². The first-order valence-corrected chi connectivity index (χ1v) is 6.18. The van der Waals surface area contributed by atoms with E-state index in [0.717, 1.165) is 0 Å². The molecule has 0 aliphatic rings. The van der Waals surface area contributed by atoms with E-state index in [4.69, 9.17) is 15.6 Å². The average Bonchev–Trinajstić information content (AvgIpc) is 2.41. The molecule has 0 saturated heterocycles. The van der Waals surface area contributed by atoms with Gasteiger partial charge in [0.15, 0.2) is 0 Å². The fraction of sp³-hybridized carbons (Fsp3) is 0.636. The van der Waals surface area contributed by atoms with E-state index in [-0.39, 0.29) is 19.4 Å². The summed E-state index contributed by atoms with van der Waals surface area (Å²) in [5, 5.41) is 15.7. The summed E-state index contributed by atoms with van der Waals surface area (Å²) in [5.41, 5.74) is 4.90. The Bertz CT molecular complexity index is 387. The number of hydrogen-bond donors (Lipinski definition) is 5. The standard InChI is InChI=1S/C11H20N4O6/c1-21-5-4-13-9(17)6-14-11(20)15-7(10(18)19)2-3-8(12)16/h7H,2-6H2,1H3,(H2,12,16)(H,13,17)(H,18,19)(H2,14,15,20). The minimum absolute atomic E-state index is 0.127. The van der Waals surface area contributed by atoms with Gasteiger partial charge >= 0.3 is 12.0 Å². The van der Waals surface area contributed by atoms with Crippen LogP contribution < -0.4 is 21.7 Å². The Labute approximate surface area is 121 Å². The average molecular weight is 304 g/mol. The third-order valence-electron chi connectivity index (χ3n) is 2.32. The number of carboxylic acid groups (broad SMARTS) is 1. The molecule has 120 valence electrons. The zero-order valence-corrected chi connectivity index (χ0v) is 11.7. The molecule has 0 spiro atoms. The Morgan fingerprint density at radius 2 is 1.90 bits per heavy atom. The number of nitrogens with one attached hydrogen (secondary N) is 3. The lowest BCUT2D eigenvalue weighted by molar-refractivity contribution is -0.139. The van der Waals surface area contributed by atoms with Gasteiger partial charge in [0, 0.05) is 20.1 Å². The van der Waals surface area contributed by atoms with Gasteiger partial charge in [-0.05, 0) is 6.42 Å². The van der Waals surface area contributed by atoms with Crippen molar-refractivity contribution in [2.45, 2.75) is 18.9 Å². The quantitative estimate of drug-likeness (QED) is 0.287. The van der Waals surface area contributed by atoms with Crippen molar-refractivity contribution < 1.29 is 29.0 Å². The first kappa shape index (κ1) is 18.6. The molecule has 0 fully saturated rings. The molecule has 1 unspecified atom stereocenters. The Kier molecular flexibility index (Phi) is 9.26. The third kappa shape index (κ3) is 10.1. The third-order valence-corrected chi connectivity index (χ3v) is 2.32. The van der Waals surface area contributed by atoms with Crippen molar-refractivity contribution in [1.82, 2.24) is 16.0 Å². The normalized spacial score (nSPS) is 11.3. The Morgan fingerprint density at radius 3 is 2.43 bits per heavy atom. The lowest BCUT2D eigenvalue weighted by Crippen LogP contribution is -2.48. The van der Waals surface area contributed by atoms with Crippen molar-refractivity contribution in [3.63, 3.8) is 0 Å². The summed E-state index contributed by atoms with van der Waals surface area (Å²) in [5.74, 6) is -2.40. The first-order valence-electron chi connectivity index (χ1n) is 6.18. The molecule has 10 nitrogen and oxygen atoms in total. The van der Waals surface area contributed by atoms with Crippen LogP contribution in [-0.2, 0) is 19.1 Å². The lowest BCUT2D eigenvalue weighted by Gasteiger charge is -2.14. The molecular weight excluding hydrogens is 284 g/mol. The van der Waals surface area contributed by atoms with Gasteiger partial charge in [-0.1, -0.05) is 0 Å². The van der Waals surface area contributed by atoms with Gasteiger partial charge in [0.05, 0.1) is 13.2 Å². The molecule has 0 saturated carbocycles. The van der Waals surface area contributed by atoms with Gasteiger partial charge in [-0.25, -0.2) is 9.59 Å². The number of rotatable bonds is 10. The minimum atomic E-state index is -1.30. The van der Waals surface area contributed by atoms with Crippen molar-refractivity contribution in [3.8, 4) is 0 Å². The zero-order valence-electron chi connectivity index (χ0n) is 11.7. The number of nitrogens with two attached hydrogens (primary N) is 1. The molecule has 6 N–H and O–H groups in total. The van der Waals surface area contributed by atoms with Crippen LogP contribution in [0.5, 0.6) is 0 Å².